The van der Waals surface area contributed by atoms with E-state index in [-0.39, 0.29) is 23.5 Å². The number of pyridine rings is 1. The molecule has 0 aliphatic rings. The Balaban J connectivity index is 1.38. The summed E-state index contributed by atoms with van der Waals surface area (Å²) in [7, 11) is 0. The first-order valence-electron chi connectivity index (χ1n) is 11.9. The molecule has 0 saturated carbocycles. The molecule has 1 heterocycles. The molecule has 4 aromatic rings. The highest BCUT2D eigenvalue weighted by molar-refractivity contribution is 7.99. The van der Waals surface area contributed by atoms with Crippen LogP contribution in [0.4, 0.5) is 11.4 Å². The highest BCUT2D eigenvalue weighted by Gasteiger charge is 2.18. The van der Waals surface area contributed by atoms with Crippen LogP contribution in [-0.4, -0.2) is 27.9 Å². The predicted molar refractivity (Wildman–Crippen MR) is 151 cm³/mol. The van der Waals surface area contributed by atoms with Crippen molar-refractivity contribution < 1.29 is 14.7 Å². The first-order chi connectivity index (χ1) is 18.5. The predicted octanol–water partition coefficient (Wildman–Crippen LogP) is 5.78. The Bertz CT molecular complexity index is 1400. The molecule has 0 saturated heterocycles. The third kappa shape index (κ3) is 7.94. The molecule has 8 nitrogen and oxygen atoms in total. The number of benzene rings is 3. The Morgan fingerprint density at radius 2 is 1.66 bits per heavy atom. The third-order valence-electron chi connectivity index (χ3n) is 5.49. The smallest absolute Gasteiger partial charge is 0.304 e. The number of rotatable bonds is 10. The van der Waals surface area contributed by atoms with Crippen molar-refractivity contribution in [3.05, 3.63) is 120 Å². The Morgan fingerprint density at radius 3 is 2.39 bits per heavy atom. The summed E-state index contributed by atoms with van der Waals surface area (Å²) in [6.07, 6.45) is 3.27. The standard InChI is InChI=1S/C29H27N5O3S/c30-29(32-18-20-7-2-1-3-8-20)34-23-11-4-9-21(15-23)28(37)33-24-12-5-13-25(16-24)38-26(17-27(35)36)22-10-6-14-31-19-22/h1-16,19,26H,17-18H2,(H,33,37)(H,35,36)(H3,30,32,34). The van der Waals surface area contributed by atoms with Gasteiger partial charge < -0.3 is 21.1 Å². The van der Waals surface area contributed by atoms with E-state index in [0.717, 1.165) is 16.0 Å². The van der Waals surface area contributed by atoms with Crippen molar-refractivity contribution in [2.75, 3.05) is 10.6 Å². The number of carbonyl (C=O) groups is 2. The minimum Gasteiger partial charge on any atom is -0.481 e. The number of carboxylic acid groups (broad SMARTS) is 1. The molecule has 4 rings (SSSR count). The molecule has 1 atom stereocenters. The van der Waals surface area contributed by atoms with Crippen molar-refractivity contribution in [1.82, 2.24) is 10.3 Å². The van der Waals surface area contributed by atoms with Gasteiger partial charge in [0.15, 0.2) is 5.96 Å². The Hall–Kier alpha value is -4.63. The van der Waals surface area contributed by atoms with Gasteiger partial charge in [0.1, 0.15) is 0 Å². The Morgan fingerprint density at radius 1 is 0.895 bits per heavy atom. The highest BCUT2D eigenvalue weighted by atomic mass is 32.2. The Kier molecular flexibility index (Phi) is 9.09. The van der Waals surface area contributed by atoms with Gasteiger partial charge in [-0.15, -0.1) is 11.8 Å². The van der Waals surface area contributed by atoms with Crippen LogP contribution >= 0.6 is 11.8 Å². The van der Waals surface area contributed by atoms with E-state index >= 15 is 0 Å². The molecule has 3 aromatic carbocycles. The number of nitrogens with zero attached hydrogens (tertiary/aromatic N) is 1. The minimum absolute atomic E-state index is 0.0536. The zero-order valence-corrected chi connectivity index (χ0v) is 21.2. The van der Waals surface area contributed by atoms with Crippen molar-refractivity contribution >= 4 is 41.0 Å². The number of aliphatic carboxylic acids is 1. The molecule has 0 spiro atoms. The Labute approximate surface area is 225 Å². The van der Waals surface area contributed by atoms with E-state index in [1.807, 2.05) is 54.6 Å². The van der Waals surface area contributed by atoms with E-state index in [1.54, 1.807) is 48.8 Å². The summed E-state index contributed by atoms with van der Waals surface area (Å²) in [4.78, 5) is 29.3. The van der Waals surface area contributed by atoms with Gasteiger partial charge >= 0.3 is 5.97 Å². The first kappa shape index (κ1) is 26.4. The number of carbonyl (C=O) groups excluding carboxylic acids is 1. The number of guanidine groups is 1. The first-order valence-corrected chi connectivity index (χ1v) is 12.8. The van der Waals surface area contributed by atoms with Crippen LogP contribution < -0.4 is 16.0 Å². The molecule has 0 radical (unpaired) electrons. The fraction of sp³-hybridized carbons (Fsp3) is 0.103. The molecule has 0 fully saturated rings. The fourth-order valence-corrected chi connectivity index (χ4v) is 4.86. The molecule has 192 valence electrons. The number of hydrogen-bond donors (Lipinski definition) is 5. The molecular formula is C29H27N5O3S. The number of carboxylic acids is 1. The molecule has 9 heteroatoms. The number of anilines is 2. The van der Waals surface area contributed by atoms with Gasteiger partial charge in [-0.2, -0.15) is 0 Å². The van der Waals surface area contributed by atoms with E-state index in [1.165, 1.54) is 11.8 Å². The quantitative estimate of drug-likeness (QED) is 0.101. The highest BCUT2D eigenvalue weighted by Crippen LogP contribution is 2.38. The maximum absolute atomic E-state index is 13.0. The summed E-state index contributed by atoms with van der Waals surface area (Å²) in [5, 5.41) is 26.1. The van der Waals surface area contributed by atoms with Gasteiger partial charge in [0, 0.05) is 46.0 Å². The number of thioether (sulfide) groups is 1. The lowest BCUT2D eigenvalue weighted by atomic mass is 10.1. The van der Waals surface area contributed by atoms with Crippen molar-refractivity contribution in [2.24, 2.45) is 0 Å². The third-order valence-corrected chi connectivity index (χ3v) is 6.74. The molecule has 5 N–H and O–H groups in total. The largest absolute Gasteiger partial charge is 0.481 e. The molecule has 1 unspecified atom stereocenters. The molecule has 1 aromatic heterocycles. The van der Waals surface area contributed by atoms with Crippen molar-refractivity contribution in [1.29, 1.82) is 5.41 Å². The number of nitrogens with one attached hydrogen (secondary N) is 4. The van der Waals surface area contributed by atoms with Gasteiger partial charge in [0.2, 0.25) is 0 Å². The monoisotopic (exact) mass is 525 g/mol. The summed E-state index contributed by atoms with van der Waals surface area (Å²) in [6.45, 7) is 0.509. The summed E-state index contributed by atoms with van der Waals surface area (Å²) in [6, 6.07) is 27.6. The summed E-state index contributed by atoms with van der Waals surface area (Å²) in [5.41, 5.74) is 3.52. The molecule has 0 bridgehead atoms. The second-order valence-corrected chi connectivity index (χ2v) is 9.67. The summed E-state index contributed by atoms with van der Waals surface area (Å²) >= 11 is 1.41. The van der Waals surface area contributed by atoms with Crippen LogP contribution in [0.3, 0.4) is 0 Å². The molecule has 1 amide bonds. The van der Waals surface area contributed by atoms with Crippen LogP contribution in [0.15, 0.2) is 108 Å². The molecule has 0 aliphatic carbocycles. The zero-order valence-electron chi connectivity index (χ0n) is 20.4. The van der Waals surface area contributed by atoms with Gasteiger partial charge in [0.25, 0.3) is 5.91 Å². The van der Waals surface area contributed by atoms with E-state index in [0.29, 0.717) is 23.5 Å². The van der Waals surface area contributed by atoms with E-state index in [2.05, 4.69) is 20.9 Å². The summed E-state index contributed by atoms with van der Waals surface area (Å²) < 4.78 is 0. The molecule has 38 heavy (non-hydrogen) atoms. The topological polar surface area (TPSA) is 127 Å². The average molecular weight is 526 g/mol. The fourth-order valence-electron chi connectivity index (χ4n) is 3.68. The van der Waals surface area contributed by atoms with Crippen LogP contribution in [0, 0.1) is 5.41 Å². The number of amides is 1. The zero-order chi connectivity index (χ0) is 26.7. The van der Waals surface area contributed by atoms with Crippen LogP contribution in [0.25, 0.3) is 0 Å². The van der Waals surface area contributed by atoms with Gasteiger partial charge in [-0.1, -0.05) is 48.5 Å². The van der Waals surface area contributed by atoms with E-state index in [4.69, 9.17) is 5.41 Å². The lowest BCUT2D eigenvalue weighted by Gasteiger charge is -2.15. The number of aromatic nitrogens is 1. The lowest BCUT2D eigenvalue weighted by Crippen LogP contribution is -2.29. The van der Waals surface area contributed by atoms with E-state index in [9.17, 15) is 14.7 Å². The maximum atomic E-state index is 13.0. The van der Waals surface area contributed by atoms with Crippen LogP contribution in [0.5, 0.6) is 0 Å². The molecule has 0 aliphatic heterocycles. The maximum Gasteiger partial charge on any atom is 0.304 e. The van der Waals surface area contributed by atoms with Gasteiger partial charge in [-0.3, -0.25) is 20.0 Å². The van der Waals surface area contributed by atoms with Crippen LogP contribution in [-0.2, 0) is 11.3 Å². The van der Waals surface area contributed by atoms with Crippen LogP contribution in [0.1, 0.15) is 33.2 Å². The van der Waals surface area contributed by atoms with Crippen molar-refractivity contribution in [3.8, 4) is 0 Å². The second kappa shape index (κ2) is 13.1. The summed E-state index contributed by atoms with van der Waals surface area (Å²) in [5.74, 6) is -1.07. The van der Waals surface area contributed by atoms with Crippen molar-refractivity contribution in [2.45, 2.75) is 23.1 Å². The van der Waals surface area contributed by atoms with Crippen molar-refractivity contribution in [3.63, 3.8) is 0 Å². The van der Waals surface area contributed by atoms with Crippen LogP contribution in [0.2, 0.25) is 0 Å². The van der Waals surface area contributed by atoms with Gasteiger partial charge in [0.05, 0.1) is 6.42 Å². The average Bonchev–Trinajstić information content (AvgIpc) is 2.93. The SMILES string of the molecule is N=C(NCc1ccccc1)Nc1cccc(C(=O)Nc2cccc(SC(CC(=O)O)c3cccnc3)c2)c1. The molecular weight excluding hydrogens is 498 g/mol. The van der Waals surface area contributed by atoms with Gasteiger partial charge in [-0.25, -0.2) is 0 Å². The normalized spacial score (nSPS) is 11.3. The van der Waals surface area contributed by atoms with Gasteiger partial charge in [-0.05, 0) is 53.6 Å². The lowest BCUT2D eigenvalue weighted by molar-refractivity contribution is -0.137. The minimum atomic E-state index is -0.896. The van der Waals surface area contributed by atoms with E-state index < -0.39 is 5.97 Å². The number of hydrogen-bond acceptors (Lipinski definition) is 5. The second-order valence-electron chi connectivity index (χ2n) is 8.39.